The van der Waals surface area contributed by atoms with Crippen molar-refractivity contribution in [3.05, 3.63) is 12.2 Å². The summed E-state index contributed by atoms with van der Waals surface area (Å²) in [4.78, 5) is 12.4. The third-order valence-corrected chi connectivity index (χ3v) is 11.0. The highest BCUT2D eigenvalue weighted by Crippen LogP contribution is 2.16. The molecule has 1 amide bonds. The van der Waals surface area contributed by atoms with Crippen molar-refractivity contribution in [3.63, 3.8) is 0 Å². The summed E-state index contributed by atoms with van der Waals surface area (Å²) in [6.45, 7) is 4.35. The number of carbonyl (C=O) groups excluding carboxylic acids is 1. The Morgan fingerprint density at radius 2 is 0.745 bits per heavy atom. The summed E-state index contributed by atoms with van der Waals surface area (Å²) in [5.41, 5.74) is 0. The van der Waals surface area contributed by atoms with Crippen LogP contribution in [0.5, 0.6) is 0 Å². The minimum Gasteiger partial charge on any atom is -0.394 e. The van der Waals surface area contributed by atoms with E-state index in [0.29, 0.717) is 12.8 Å². The van der Waals surface area contributed by atoms with Gasteiger partial charge in [0.2, 0.25) is 5.91 Å². The topological polar surface area (TPSA) is 69.6 Å². The summed E-state index contributed by atoms with van der Waals surface area (Å²) in [5.74, 6) is -0.0303. The fourth-order valence-corrected chi connectivity index (χ4v) is 7.42. The first-order chi connectivity index (χ1) is 25.2. The number of amides is 1. The van der Waals surface area contributed by atoms with Crippen LogP contribution in [0.25, 0.3) is 0 Å². The minimum atomic E-state index is -0.653. The van der Waals surface area contributed by atoms with Crippen LogP contribution in [-0.4, -0.2) is 34.9 Å². The molecule has 4 heteroatoms. The molecule has 0 aromatic rings. The Morgan fingerprint density at radius 3 is 1.08 bits per heavy atom. The number of carbonyl (C=O) groups is 1. The maximum absolute atomic E-state index is 12.4. The molecule has 0 spiro atoms. The number of nitrogens with one attached hydrogen (secondary N) is 1. The van der Waals surface area contributed by atoms with Crippen LogP contribution in [0.15, 0.2) is 12.2 Å². The summed E-state index contributed by atoms with van der Waals surface area (Å²) in [6, 6.07) is -0.530. The zero-order valence-corrected chi connectivity index (χ0v) is 34.9. The van der Waals surface area contributed by atoms with E-state index in [4.69, 9.17) is 0 Å². The molecule has 0 rings (SSSR count). The van der Waals surface area contributed by atoms with E-state index in [1.54, 1.807) is 0 Å². The third kappa shape index (κ3) is 40.2. The normalized spacial score (nSPS) is 12.9. The summed E-state index contributed by atoms with van der Waals surface area (Å²) >= 11 is 0. The SMILES string of the molecule is CCCCCCCCCCCCCC/C=C\CCCCCCCCCCCCCCCCC(=O)NC(CO)C(O)CCCCCCCCCCC. The number of unbranched alkanes of at least 4 members (excludes halogenated alkanes) is 34. The van der Waals surface area contributed by atoms with Gasteiger partial charge in [-0.05, 0) is 38.5 Å². The first-order valence-corrected chi connectivity index (χ1v) is 23.4. The van der Waals surface area contributed by atoms with Gasteiger partial charge >= 0.3 is 0 Å². The van der Waals surface area contributed by atoms with Crippen molar-refractivity contribution in [2.24, 2.45) is 0 Å². The predicted molar refractivity (Wildman–Crippen MR) is 226 cm³/mol. The van der Waals surface area contributed by atoms with Gasteiger partial charge in [-0.1, -0.05) is 231 Å². The molecule has 0 radical (unpaired) electrons. The molecule has 0 aliphatic carbocycles. The molecule has 0 fully saturated rings. The van der Waals surface area contributed by atoms with Crippen LogP contribution in [0.2, 0.25) is 0 Å². The number of aliphatic hydroxyl groups excluding tert-OH is 2. The number of rotatable bonds is 43. The molecule has 0 bridgehead atoms. The fraction of sp³-hybridized carbons (Fsp3) is 0.936. The smallest absolute Gasteiger partial charge is 0.220 e. The van der Waals surface area contributed by atoms with Crippen LogP contribution in [0.3, 0.4) is 0 Å². The van der Waals surface area contributed by atoms with Gasteiger partial charge in [-0.3, -0.25) is 4.79 Å². The van der Waals surface area contributed by atoms with Crippen molar-refractivity contribution >= 4 is 5.91 Å². The molecule has 51 heavy (non-hydrogen) atoms. The molecular weight excluding hydrogens is 627 g/mol. The van der Waals surface area contributed by atoms with Crippen molar-refractivity contribution in [2.45, 2.75) is 276 Å². The molecule has 304 valence electrons. The van der Waals surface area contributed by atoms with Crippen LogP contribution in [-0.2, 0) is 4.79 Å². The van der Waals surface area contributed by atoms with Gasteiger partial charge < -0.3 is 15.5 Å². The van der Waals surface area contributed by atoms with Crippen LogP contribution in [0.4, 0.5) is 0 Å². The highest BCUT2D eigenvalue weighted by atomic mass is 16.3. The average molecular weight is 720 g/mol. The number of hydrogen-bond donors (Lipinski definition) is 3. The van der Waals surface area contributed by atoms with Gasteiger partial charge in [0, 0.05) is 6.42 Å². The quantitative estimate of drug-likeness (QED) is 0.0434. The molecule has 2 atom stereocenters. The Hall–Kier alpha value is -0.870. The lowest BCUT2D eigenvalue weighted by atomic mass is 10.0. The molecule has 0 aliphatic heterocycles. The second-order valence-corrected chi connectivity index (χ2v) is 16.2. The van der Waals surface area contributed by atoms with E-state index in [1.807, 2.05) is 0 Å². The Bertz CT molecular complexity index is 695. The summed E-state index contributed by atoms with van der Waals surface area (Å²) < 4.78 is 0. The molecule has 4 nitrogen and oxygen atoms in total. The van der Waals surface area contributed by atoms with Crippen LogP contribution >= 0.6 is 0 Å². The molecule has 0 aromatic carbocycles. The lowest BCUT2D eigenvalue weighted by Gasteiger charge is -2.22. The summed E-state index contributed by atoms with van der Waals surface area (Å²) in [5, 5.41) is 23.0. The first kappa shape index (κ1) is 50.1. The highest BCUT2D eigenvalue weighted by Gasteiger charge is 2.20. The lowest BCUT2D eigenvalue weighted by Crippen LogP contribution is -2.45. The molecular formula is C47H93NO3. The molecule has 0 saturated carbocycles. The monoisotopic (exact) mass is 720 g/mol. The van der Waals surface area contributed by atoms with E-state index >= 15 is 0 Å². The van der Waals surface area contributed by atoms with Crippen LogP contribution in [0.1, 0.15) is 264 Å². The summed E-state index contributed by atoms with van der Waals surface area (Å²) in [7, 11) is 0. The second kappa shape index (κ2) is 43.5. The average Bonchev–Trinajstić information content (AvgIpc) is 3.13. The maximum Gasteiger partial charge on any atom is 0.220 e. The second-order valence-electron chi connectivity index (χ2n) is 16.2. The van der Waals surface area contributed by atoms with Crippen molar-refractivity contribution in [2.75, 3.05) is 6.61 Å². The largest absolute Gasteiger partial charge is 0.394 e. The Labute approximate surface area is 320 Å². The van der Waals surface area contributed by atoms with E-state index < -0.39 is 12.1 Å². The Balaban J connectivity index is 3.38. The molecule has 3 N–H and O–H groups in total. The zero-order chi connectivity index (χ0) is 37.1. The van der Waals surface area contributed by atoms with Crippen LogP contribution in [0, 0.1) is 0 Å². The van der Waals surface area contributed by atoms with E-state index in [2.05, 4.69) is 31.3 Å². The molecule has 0 heterocycles. The van der Waals surface area contributed by atoms with Crippen molar-refractivity contribution in [3.8, 4) is 0 Å². The number of aliphatic hydroxyl groups is 2. The van der Waals surface area contributed by atoms with Crippen molar-refractivity contribution < 1.29 is 15.0 Å². The first-order valence-electron chi connectivity index (χ1n) is 23.4. The van der Waals surface area contributed by atoms with Gasteiger partial charge in [0.15, 0.2) is 0 Å². The summed E-state index contributed by atoms with van der Waals surface area (Å²) in [6.07, 6.45) is 54.6. The Kier molecular flexibility index (Phi) is 42.8. The van der Waals surface area contributed by atoms with E-state index in [-0.39, 0.29) is 12.5 Å². The van der Waals surface area contributed by atoms with Gasteiger partial charge in [-0.15, -0.1) is 0 Å². The van der Waals surface area contributed by atoms with Crippen molar-refractivity contribution in [1.29, 1.82) is 0 Å². The standard InChI is InChI=1S/C47H93NO3/c1-3-5-7-9-11-13-14-15-16-17-18-19-20-21-22-23-24-25-26-27-28-29-30-31-32-33-35-37-39-41-43-47(51)48-45(44-49)46(50)42-40-38-36-34-12-10-8-6-4-2/h21-22,45-46,49-50H,3-20,23-44H2,1-2H3,(H,48,51)/b22-21-. The van der Waals surface area contributed by atoms with E-state index in [9.17, 15) is 15.0 Å². The molecule has 0 aromatic heterocycles. The molecule has 0 aliphatic rings. The minimum absolute atomic E-state index is 0.0303. The van der Waals surface area contributed by atoms with Crippen LogP contribution < -0.4 is 5.32 Å². The zero-order valence-electron chi connectivity index (χ0n) is 34.9. The fourth-order valence-electron chi connectivity index (χ4n) is 7.42. The molecule has 0 saturated heterocycles. The van der Waals surface area contributed by atoms with Gasteiger partial charge in [0.1, 0.15) is 0 Å². The lowest BCUT2D eigenvalue weighted by molar-refractivity contribution is -0.123. The van der Waals surface area contributed by atoms with E-state index in [0.717, 1.165) is 25.7 Å². The third-order valence-electron chi connectivity index (χ3n) is 11.0. The van der Waals surface area contributed by atoms with Gasteiger partial charge in [0.05, 0.1) is 18.8 Å². The predicted octanol–water partition coefficient (Wildman–Crippen LogP) is 14.6. The highest BCUT2D eigenvalue weighted by molar-refractivity contribution is 5.76. The van der Waals surface area contributed by atoms with Crippen molar-refractivity contribution in [1.82, 2.24) is 5.32 Å². The maximum atomic E-state index is 12.4. The van der Waals surface area contributed by atoms with Gasteiger partial charge in [0.25, 0.3) is 0 Å². The van der Waals surface area contributed by atoms with Gasteiger partial charge in [-0.2, -0.15) is 0 Å². The number of allylic oxidation sites excluding steroid dienone is 2. The Morgan fingerprint density at radius 1 is 0.451 bits per heavy atom. The van der Waals surface area contributed by atoms with Gasteiger partial charge in [-0.25, -0.2) is 0 Å². The van der Waals surface area contributed by atoms with E-state index in [1.165, 1.54) is 212 Å². The number of hydrogen-bond acceptors (Lipinski definition) is 3. The molecule has 2 unspecified atom stereocenters.